The minimum absolute atomic E-state index is 0.0262. The highest BCUT2D eigenvalue weighted by molar-refractivity contribution is 7.87. The number of hydrogen-bond donors (Lipinski definition) is 6. The molecule has 5 aromatic rings. The first-order valence-corrected chi connectivity index (χ1v) is 35.7. The Labute approximate surface area is 551 Å². The third-order valence-electron chi connectivity index (χ3n) is 15.5. The molecule has 0 saturated carbocycles. The molecule has 4 aromatic carbocycles. The van der Waals surface area contributed by atoms with E-state index in [9.17, 15) is 66.9 Å². The highest BCUT2D eigenvalue weighted by atomic mass is 32.2. The minimum atomic E-state index is -5.09. The van der Waals surface area contributed by atoms with Crippen molar-refractivity contribution in [2.24, 2.45) is 0 Å². The van der Waals surface area contributed by atoms with E-state index in [2.05, 4.69) is 0 Å². The second-order valence-electron chi connectivity index (χ2n) is 22.2. The fraction of sp³-hybridized carbons (Fsp3) is 0.508. The van der Waals surface area contributed by atoms with Crippen molar-refractivity contribution in [2.75, 3.05) is 164 Å². The number of benzene rings is 4. The molecular formula is C61H82N3O27S4+. The molecule has 30 nitrogen and oxygen atoms in total. The second-order valence-corrected chi connectivity index (χ2v) is 27.8. The lowest BCUT2D eigenvalue weighted by Crippen LogP contribution is -2.32. The summed E-state index contributed by atoms with van der Waals surface area (Å²) in [6.07, 6.45) is 5.43. The lowest BCUT2D eigenvalue weighted by atomic mass is 9.76. The average Bonchev–Trinajstić information content (AvgIpc) is 1.60. The first-order valence-electron chi connectivity index (χ1n) is 30.0. The van der Waals surface area contributed by atoms with E-state index in [4.69, 9.17) is 56.9 Å². The number of carbonyl (C=O) groups excluding carboxylic acids is 1. The van der Waals surface area contributed by atoms with Gasteiger partial charge in [-0.15, -0.1) is 4.73 Å². The van der Waals surface area contributed by atoms with E-state index in [0.29, 0.717) is 90.4 Å². The molecule has 2 aliphatic heterocycles. The second kappa shape index (κ2) is 34.4. The Morgan fingerprint density at radius 3 is 1.40 bits per heavy atom. The van der Waals surface area contributed by atoms with E-state index >= 15 is 0 Å². The lowest BCUT2D eigenvalue weighted by Gasteiger charge is -2.31. The van der Waals surface area contributed by atoms with Gasteiger partial charge >= 0.3 is 5.97 Å². The van der Waals surface area contributed by atoms with E-state index in [1.165, 1.54) is 31.4 Å². The average molecular weight is 1420 g/mol. The lowest BCUT2D eigenvalue weighted by molar-refractivity contribution is -0.442. The molecule has 34 heteroatoms. The Morgan fingerprint density at radius 2 is 0.937 bits per heavy atom. The van der Waals surface area contributed by atoms with Crippen LogP contribution in [0.3, 0.4) is 0 Å². The third-order valence-corrected chi connectivity index (χ3v) is 19.0. The third kappa shape index (κ3) is 20.0. The first kappa shape index (κ1) is 76.3. The van der Waals surface area contributed by atoms with Crippen molar-refractivity contribution in [3.63, 3.8) is 0 Å². The van der Waals surface area contributed by atoms with Crippen LogP contribution in [0.4, 0.5) is 11.4 Å². The van der Waals surface area contributed by atoms with Crippen LogP contribution in [-0.4, -0.2) is 243 Å². The van der Waals surface area contributed by atoms with Crippen LogP contribution in [-0.2, 0) is 108 Å². The molecule has 0 bridgehead atoms. The number of carbonyl (C=O) groups is 1. The van der Waals surface area contributed by atoms with Gasteiger partial charge in [-0.05, 0) is 86.0 Å². The molecule has 95 heavy (non-hydrogen) atoms. The SMILES string of the molecule is COCCOCCOCCOCCC1(C)C(=CC=CC2=[N+](CCOCCOCCOCCOCCOCCOCCC(=O)On3c(O)ccc3O)c3ccc4c(S(=O)(=O)O)cc(S(=O)(=O)O)cc4c3C2(C)C)N(CCOC)c2ccc3c(S(=O)(=O)O)cc(S(=O)(=O)O)cc3c21. The van der Waals surface area contributed by atoms with Gasteiger partial charge in [-0.2, -0.15) is 38.2 Å². The Morgan fingerprint density at radius 1 is 0.505 bits per heavy atom. The highest BCUT2D eigenvalue weighted by Gasteiger charge is 2.48. The van der Waals surface area contributed by atoms with Crippen LogP contribution >= 0.6 is 0 Å². The normalized spacial score (nSPS) is 16.3. The number of aromatic hydroxyl groups is 2. The summed E-state index contributed by atoms with van der Waals surface area (Å²) in [5.41, 5.74) is 0.789. The molecule has 1 aromatic heterocycles. The molecule has 7 rings (SSSR count). The summed E-state index contributed by atoms with van der Waals surface area (Å²) < 4.78 is 209. The topological polar surface area (TPSA) is 397 Å². The maximum Gasteiger partial charge on any atom is 0.335 e. The van der Waals surface area contributed by atoms with Crippen molar-refractivity contribution < 1.29 is 128 Å². The van der Waals surface area contributed by atoms with Crippen LogP contribution in [0.25, 0.3) is 21.5 Å². The highest BCUT2D eigenvalue weighted by Crippen LogP contribution is 2.54. The number of aromatic nitrogens is 1. The van der Waals surface area contributed by atoms with E-state index in [-0.39, 0.29) is 140 Å². The fourth-order valence-electron chi connectivity index (χ4n) is 11.1. The molecule has 6 N–H and O–H groups in total. The van der Waals surface area contributed by atoms with Gasteiger partial charge in [-0.3, -0.25) is 18.2 Å². The number of nitrogens with zero attached hydrogens (tertiary/aromatic N) is 3. The fourth-order valence-corrected chi connectivity index (χ4v) is 13.8. The Hall–Kier alpha value is -6.10. The van der Waals surface area contributed by atoms with Crippen LogP contribution in [0.1, 0.15) is 44.7 Å². The van der Waals surface area contributed by atoms with Crippen LogP contribution < -0.4 is 9.74 Å². The summed E-state index contributed by atoms with van der Waals surface area (Å²) in [5, 5.41) is 19.3. The molecule has 0 amide bonds. The van der Waals surface area contributed by atoms with Gasteiger partial charge in [0.25, 0.3) is 40.5 Å². The zero-order valence-electron chi connectivity index (χ0n) is 53.2. The molecule has 3 heterocycles. The van der Waals surface area contributed by atoms with Crippen molar-refractivity contribution in [3.05, 3.63) is 95.7 Å². The summed E-state index contributed by atoms with van der Waals surface area (Å²) in [4.78, 5) is 15.6. The van der Waals surface area contributed by atoms with Gasteiger partial charge < -0.3 is 72.1 Å². The molecule has 0 aliphatic carbocycles. The molecule has 2 aliphatic rings. The summed E-state index contributed by atoms with van der Waals surface area (Å²) in [6.45, 7) is 10.6. The predicted molar refractivity (Wildman–Crippen MR) is 342 cm³/mol. The maximum absolute atomic E-state index is 13.0. The largest absolute Gasteiger partial charge is 0.492 e. The smallest absolute Gasteiger partial charge is 0.335 e. The van der Waals surface area contributed by atoms with Crippen LogP contribution in [0.5, 0.6) is 11.8 Å². The number of anilines is 1. The molecular weight excluding hydrogens is 1330 g/mol. The standard InChI is InChI=1S/C61H81N3O27S4/c1-60(2)53(7-6-8-54-61(3,16-20-83-26-29-87-32-31-85-24-23-81-5)59-48-40-44(93(71,72)73)42-52(95(77,78)79)46(48)10-12-50(59)63(54)17-21-80-4)62(49-11-9-45-47(58(49)60)39-43(92(68,69)70)41-51(45)94(74,75)76)18-22-84-27-30-88-34-36-90-38-37-89-35-33-86-28-25-82-19-15-57(67)91-64-55(65)13-14-56(64)66/h6-14,39-42H,15-38H2,1-5H3,(H5-,65,66,68,69,70,71,72,73,74,75,76,77,78,79)/p+1. The van der Waals surface area contributed by atoms with Gasteiger partial charge in [0.15, 0.2) is 12.3 Å². The molecule has 0 radical (unpaired) electrons. The van der Waals surface area contributed by atoms with Gasteiger partial charge in [0, 0.05) is 84.8 Å². The summed E-state index contributed by atoms with van der Waals surface area (Å²) in [7, 11) is -17.2. The van der Waals surface area contributed by atoms with E-state index < -0.39 is 88.6 Å². The molecule has 0 fully saturated rings. The minimum Gasteiger partial charge on any atom is -0.492 e. The van der Waals surface area contributed by atoms with Crippen LogP contribution in [0.2, 0.25) is 0 Å². The van der Waals surface area contributed by atoms with Crippen LogP contribution in [0.15, 0.2) is 104 Å². The van der Waals surface area contributed by atoms with Crippen molar-refractivity contribution in [3.8, 4) is 11.8 Å². The van der Waals surface area contributed by atoms with E-state index in [1.807, 2.05) is 36.3 Å². The van der Waals surface area contributed by atoms with Gasteiger partial charge in [0.1, 0.15) is 16.4 Å². The summed E-state index contributed by atoms with van der Waals surface area (Å²) in [5.74, 6) is -1.57. The first-order chi connectivity index (χ1) is 45.0. The molecule has 526 valence electrons. The number of methoxy groups -OCH3 is 2. The van der Waals surface area contributed by atoms with Crippen molar-refractivity contribution in [1.29, 1.82) is 0 Å². The number of rotatable bonds is 43. The van der Waals surface area contributed by atoms with E-state index in [0.717, 1.165) is 12.1 Å². The molecule has 1 unspecified atom stereocenters. The molecule has 0 spiro atoms. The number of hydrogen-bond acceptors (Lipinski definition) is 24. The van der Waals surface area contributed by atoms with Gasteiger partial charge in [-0.25, -0.2) is 4.79 Å². The van der Waals surface area contributed by atoms with Crippen molar-refractivity contribution in [2.45, 2.75) is 64.0 Å². The number of allylic oxidation sites excluding steroid dienone is 4. The molecule has 1 atom stereocenters. The van der Waals surface area contributed by atoms with E-state index in [1.54, 1.807) is 31.4 Å². The maximum atomic E-state index is 13.0. The summed E-state index contributed by atoms with van der Waals surface area (Å²) in [6, 6.07) is 12.1. The predicted octanol–water partition coefficient (Wildman–Crippen LogP) is 4.66. The quantitative estimate of drug-likeness (QED) is 0.0175. The zero-order valence-corrected chi connectivity index (χ0v) is 56.5. The Kier molecular flexibility index (Phi) is 27.6. The zero-order chi connectivity index (χ0) is 69.2. The Balaban J connectivity index is 1.07. The Bertz CT molecular complexity index is 4020. The number of ether oxygens (including phenoxy) is 11. The van der Waals surface area contributed by atoms with Gasteiger partial charge in [0.05, 0.1) is 141 Å². The van der Waals surface area contributed by atoms with Crippen molar-refractivity contribution >= 4 is 85.1 Å². The van der Waals surface area contributed by atoms with Gasteiger partial charge in [-0.1, -0.05) is 12.1 Å². The van der Waals surface area contributed by atoms with Gasteiger partial charge in [0.2, 0.25) is 17.4 Å². The van der Waals surface area contributed by atoms with Crippen molar-refractivity contribution in [1.82, 2.24) is 4.73 Å². The molecule has 0 saturated heterocycles. The number of fused-ring (bicyclic) bond motifs is 6. The monoisotopic (exact) mass is 1420 g/mol. The summed E-state index contributed by atoms with van der Waals surface area (Å²) >= 11 is 0. The van der Waals surface area contributed by atoms with Crippen LogP contribution in [0, 0.1) is 0 Å².